The molecule has 0 N–H and O–H groups in total. The van der Waals surface area contributed by atoms with Gasteiger partial charge >= 0.3 is 0 Å². The van der Waals surface area contributed by atoms with Gasteiger partial charge in [0.2, 0.25) is 0 Å². The number of fused-ring (bicyclic) bond motifs is 1. The van der Waals surface area contributed by atoms with Gasteiger partial charge < -0.3 is 4.74 Å². The van der Waals surface area contributed by atoms with Crippen molar-refractivity contribution < 1.29 is 4.74 Å². The van der Waals surface area contributed by atoms with E-state index in [1.807, 2.05) is 36.5 Å². The molecular formula is C14H13N3O. The number of ether oxygens (including phenoxy) is 1. The van der Waals surface area contributed by atoms with E-state index in [0.717, 1.165) is 23.6 Å². The van der Waals surface area contributed by atoms with E-state index in [1.54, 1.807) is 11.6 Å². The summed E-state index contributed by atoms with van der Waals surface area (Å²) in [5.74, 6) is 1.59. The molecule has 18 heavy (non-hydrogen) atoms. The Morgan fingerprint density at radius 2 is 1.94 bits per heavy atom. The highest BCUT2D eigenvalue weighted by Gasteiger charge is 2.05. The number of aromatic nitrogens is 3. The number of nitrogens with zero attached hydrogens (tertiary/aromatic N) is 3. The molecule has 4 heteroatoms. The molecule has 0 saturated heterocycles. The van der Waals surface area contributed by atoms with E-state index in [1.165, 1.54) is 5.56 Å². The predicted molar refractivity (Wildman–Crippen MR) is 68.8 cm³/mol. The second-order valence-electron chi connectivity index (χ2n) is 4.06. The molecule has 0 aliphatic heterocycles. The molecule has 0 atom stereocenters. The highest BCUT2D eigenvalue weighted by molar-refractivity contribution is 5.41. The first-order valence-corrected chi connectivity index (χ1v) is 5.78. The van der Waals surface area contributed by atoms with Gasteiger partial charge in [-0.25, -0.2) is 9.50 Å². The number of hydrogen-bond donors (Lipinski definition) is 0. The van der Waals surface area contributed by atoms with Crippen molar-refractivity contribution in [3.63, 3.8) is 0 Å². The average molecular weight is 239 g/mol. The van der Waals surface area contributed by atoms with Crippen molar-refractivity contribution in [1.29, 1.82) is 0 Å². The van der Waals surface area contributed by atoms with Crippen LogP contribution in [0.25, 0.3) is 5.65 Å². The fourth-order valence-electron chi connectivity index (χ4n) is 1.88. The monoisotopic (exact) mass is 239 g/mol. The zero-order chi connectivity index (χ0) is 12.4. The van der Waals surface area contributed by atoms with Crippen LogP contribution in [0.15, 0.2) is 48.7 Å². The lowest BCUT2D eigenvalue weighted by Crippen LogP contribution is -1.92. The van der Waals surface area contributed by atoms with Crippen LogP contribution in [0.1, 0.15) is 11.4 Å². The molecule has 0 spiro atoms. The van der Waals surface area contributed by atoms with E-state index in [0.29, 0.717) is 0 Å². The van der Waals surface area contributed by atoms with Crippen molar-refractivity contribution in [2.75, 3.05) is 7.11 Å². The van der Waals surface area contributed by atoms with Gasteiger partial charge in [0.1, 0.15) is 5.75 Å². The fraction of sp³-hybridized carbons (Fsp3) is 0.143. The fourth-order valence-corrected chi connectivity index (χ4v) is 1.88. The van der Waals surface area contributed by atoms with Crippen LogP contribution in [0.3, 0.4) is 0 Å². The standard InChI is InChI=1S/C14H13N3O/c1-18-12-7-8-14-15-13(16-17(14)10-12)9-11-5-3-2-4-6-11/h2-8,10H,9H2,1H3. The van der Waals surface area contributed by atoms with Crippen LogP contribution in [-0.4, -0.2) is 21.7 Å². The third-order valence-electron chi connectivity index (χ3n) is 2.79. The number of benzene rings is 1. The molecule has 1 aromatic carbocycles. The van der Waals surface area contributed by atoms with E-state index in [-0.39, 0.29) is 0 Å². The van der Waals surface area contributed by atoms with Crippen molar-refractivity contribution in [2.45, 2.75) is 6.42 Å². The van der Waals surface area contributed by atoms with Gasteiger partial charge in [0.05, 0.1) is 13.3 Å². The zero-order valence-electron chi connectivity index (χ0n) is 10.1. The SMILES string of the molecule is COc1ccc2nc(Cc3ccccc3)nn2c1. The molecule has 0 aliphatic rings. The first kappa shape index (κ1) is 10.8. The maximum absolute atomic E-state index is 5.16. The number of pyridine rings is 1. The first-order valence-electron chi connectivity index (χ1n) is 5.78. The summed E-state index contributed by atoms with van der Waals surface area (Å²) in [5.41, 5.74) is 2.04. The van der Waals surface area contributed by atoms with E-state index < -0.39 is 0 Å². The highest BCUT2D eigenvalue weighted by atomic mass is 16.5. The van der Waals surface area contributed by atoms with Crippen LogP contribution in [-0.2, 0) is 6.42 Å². The van der Waals surface area contributed by atoms with Crippen LogP contribution in [0.5, 0.6) is 5.75 Å². The second-order valence-corrected chi connectivity index (χ2v) is 4.06. The second kappa shape index (κ2) is 4.49. The molecule has 4 nitrogen and oxygen atoms in total. The van der Waals surface area contributed by atoms with Crippen LogP contribution in [0.2, 0.25) is 0 Å². The van der Waals surface area contributed by atoms with Gasteiger partial charge in [0.15, 0.2) is 11.5 Å². The number of hydrogen-bond acceptors (Lipinski definition) is 3. The van der Waals surface area contributed by atoms with Gasteiger partial charge in [-0.2, -0.15) is 5.10 Å². The normalized spacial score (nSPS) is 10.7. The van der Waals surface area contributed by atoms with Crippen LogP contribution in [0.4, 0.5) is 0 Å². The molecule has 2 heterocycles. The summed E-state index contributed by atoms with van der Waals surface area (Å²) >= 11 is 0. The van der Waals surface area contributed by atoms with E-state index in [9.17, 15) is 0 Å². The third kappa shape index (κ3) is 2.05. The zero-order valence-corrected chi connectivity index (χ0v) is 10.1. The molecule has 0 radical (unpaired) electrons. The summed E-state index contributed by atoms with van der Waals surface area (Å²) in [4.78, 5) is 4.48. The molecular weight excluding hydrogens is 226 g/mol. The van der Waals surface area contributed by atoms with E-state index in [2.05, 4.69) is 22.2 Å². The molecule has 0 amide bonds. The molecule has 0 bridgehead atoms. The maximum atomic E-state index is 5.16. The Bertz CT molecular complexity index is 661. The summed E-state index contributed by atoms with van der Waals surface area (Å²) in [7, 11) is 1.64. The summed E-state index contributed by atoms with van der Waals surface area (Å²) in [5, 5.41) is 4.44. The summed E-state index contributed by atoms with van der Waals surface area (Å²) < 4.78 is 6.91. The summed E-state index contributed by atoms with van der Waals surface area (Å²) in [6, 6.07) is 14.0. The van der Waals surface area contributed by atoms with Crippen LogP contribution < -0.4 is 4.74 Å². The Hall–Kier alpha value is -2.36. The third-order valence-corrected chi connectivity index (χ3v) is 2.79. The van der Waals surface area contributed by atoms with Crippen molar-refractivity contribution >= 4 is 5.65 Å². The molecule has 90 valence electrons. The van der Waals surface area contributed by atoms with Crippen LogP contribution >= 0.6 is 0 Å². The van der Waals surface area contributed by atoms with Gasteiger partial charge in [0, 0.05) is 6.42 Å². The van der Waals surface area contributed by atoms with Gasteiger partial charge in [-0.15, -0.1) is 0 Å². The quantitative estimate of drug-likeness (QED) is 0.704. The molecule has 3 aromatic rings. The van der Waals surface area contributed by atoms with Gasteiger partial charge in [-0.3, -0.25) is 0 Å². The minimum atomic E-state index is 0.741. The Morgan fingerprint density at radius 3 is 2.72 bits per heavy atom. The Balaban J connectivity index is 1.94. The minimum Gasteiger partial charge on any atom is -0.495 e. The van der Waals surface area contributed by atoms with Crippen molar-refractivity contribution in [1.82, 2.24) is 14.6 Å². The Morgan fingerprint density at radius 1 is 1.11 bits per heavy atom. The smallest absolute Gasteiger partial charge is 0.156 e. The lowest BCUT2D eigenvalue weighted by atomic mass is 10.1. The largest absolute Gasteiger partial charge is 0.495 e. The molecule has 0 aliphatic carbocycles. The van der Waals surface area contributed by atoms with Gasteiger partial charge in [-0.05, 0) is 17.7 Å². The molecule has 2 aromatic heterocycles. The summed E-state index contributed by atoms with van der Waals surface area (Å²) in [6.45, 7) is 0. The lowest BCUT2D eigenvalue weighted by Gasteiger charge is -1.97. The lowest BCUT2D eigenvalue weighted by molar-refractivity contribution is 0.411. The topological polar surface area (TPSA) is 39.4 Å². The van der Waals surface area contributed by atoms with Crippen molar-refractivity contribution in [2.24, 2.45) is 0 Å². The van der Waals surface area contributed by atoms with Gasteiger partial charge in [-0.1, -0.05) is 30.3 Å². The highest BCUT2D eigenvalue weighted by Crippen LogP contribution is 2.12. The molecule has 0 fully saturated rings. The number of rotatable bonds is 3. The minimum absolute atomic E-state index is 0.741. The molecule has 3 rings (SSSR count). The van der Waals surface area contributed by atoms with E-state index >= 15 is 0 Å². The molecule has 0 unspecified atom stereocenters. The Labute approximate surface area is 105 Å². The number of methoxy groups -OCH3 is 1. The molecule has 0 saturated carbocycles. The van der Waals surface area contributed by atoms with Crippen molar-refractivity contribution in [3.8, 4) is 5.75 Å². The van der Waals surface area contributed by atoms with Crippen molar-refractivity contribution in [3.05, 3.63) is 60.0 Å². The first-order chi connectivity index (χ1) is 8.85. The van der Waals surface area contributed by atoms with Gasteiger partial charge in [0.25, 0.3) is 0 Å². The van der Waals surface area contributed by atoms with Crippen LogP contribution in [0, 0.1) is 0 Å². The predicted octanol–water partition coefficient (Wildman–Crippen LogP) is 2.33. The van der Waals surface area contributed by atoms with E-state index in [4.69, 9.17) is 4.74 Å². The summed E-state index contributed by atoms with van der Waals surface area (Å²) in [6.07, 6.45) is 2.57. The average Bonchev–Trinajstić information content (AvgIpc) is 2.80. The Kier molecular flexibility index (Phi) is 2.68. The maximum Gasteiger partial charge on any atom is 0.156 e.